The molecule has 1 saturated heterocycles. The van der Waals surface area contributed by atoms with E-state index in [1.165, 1.54) is 51.6 Å². The molecule has 0 aromatic carbocycles. The molecule has 0 bridgehead atoms. The van der Waals surface area contributed by atoms with Gasteiger partial charge in [-0.15, -0.1) is 0 Å². The number of hydrogen-bond acceptors (Lipinski definition) is 2. The summed E-state index contributed by atoms with van der Waals surface area (Å²) in [4.78, 5) is 2.73. The first-order chi connectivity index (χ1) is 8.16. The van der Waals surface area contributed by atoms with E-state index in [-0.39, 0.29) is 0 Å². The van der Waals surface area contributed by atoms with E-state index < -0.39 is 0 Å². The monoisotopic (exact) mass is 238 g/mol. The second-order valence-corrected chi connectivity index (χ2v) is 6.44. The standard InChI is InChI=1S/C15H30N2/c1-12(2)16-15-9-10-17(11-15)13(3)14-7-5-4-6-8-14/h12-16H,4-11H2,1-3H3. The van der Waals surface area contributed by atoms with Gasteiger partial charge in [0.2, 0.25) is 0 Å². The zero-order valence-electron chi connectivity index (χ0n) is 11.9. The average molecular weight is 238 g/mol. The Hall–Kier alpha value is -0.0800. The molecule has 100 valence electrons. The van der Waals surface area contributed by atoms with Crippen LogP contribution in [-0.4, -0.2) is 36.1 Å². The van der Waals surface area contributed by atoms with Gasteiger partial charge in [-0.25, -0.2) is 0 Å². The average Bonchev–Trinajstić information content (AvgIpc) is 2.77. The Bertz CT molecular complexity index is 221. The molecule has 2 fully saturated rings. The largest absolute Gasteiger partial charge is 0.310 e. The second kappa shape index (κ2) is 6.19. The van der Waals surface area contributed by atoms with Crippen LogP contribution < -0.4 is 5.32 Å². The molecule has 2 unspecified atom stereocenters. The zero-order chi connectivity index (χ0) is 12.3. The number of nitrogens with one attached hydrogen (secondary N) is 1. The van der Waals surface area contributed by atoms with Crippen molar-refractivity contribution in [2.45, 2.75) is 77.4 Å². The lowest BCUT2D eigenvalue weighted by molar-refractivity contribution is 0.153. The summed E-state index contributed by atoms with van der Waals surface area (Å²) in [6.07, 6.45) is 8.70. The number of rotatable bonds is 4. The van der Waals surface area contributed by atoms with Crippen molar-refractivity contribution >= 4 is 0 Å². The fourth-order valence-electron chi connectivity index (χ4n) is 3.68. The van der Waals surface area contributed by atoms with E-state index in [9.17, 15) is 0 Å². The van der Waals surface area contributed by atoms with Gasteiger partial charge in [0.25, 0.3) is 0 Å². The molecule has 2 heteroatoms. The van der Waals surface area contributed by atoms with Crippen LogP contribution in [-0.2, 0) is 0 Å². The minimum Gasteiger partial charge on any atom is -0.310 e. The van der Waals surface area contributed by atoms with Crippen molar-refractivity contribution in [2.24, 2.45) is 5.92 Å². The van der Waals surface area contributed by atoms with Gasteiger partial charge in [0.1, 0.15) is 0 Å². The summed E-state index contributed by atoms with van der Waals surface area (Å²) in [7, 11) is 0. The van der Waals surface area contributed by atoms with E-state index in [1.807, 2.05) is 0 Å². The Balaban J connectivity index is 1.78. The normalized spacial score (nSPS) is 30.0. The molecule has 1 heterocycles. The van der Waals surface area contributed by atoms with Gasteiger partial charge in [-0.3, -0.25) is 4.90 Å². The third-order valence-electron chi connectivity index (χ3n) is 4.70. The highest BCUT2D eigenvalue weighted by Crippen LogP contribution is 2.30. The van der Waals surface area contributed by atoms with E-state index >= 15 is 0 Å². The summed E-state index contributed by atoms with van der Waals surface area (Å²) in [5.41, 5.74) is 0. The molecule has 1 aliphatic carbocycles. The third-order valence-corrected chi connectivity index (χ3v) is 4.70. The van der Waals surface area contributed by atoms with Gasteiger partial charge < -0.3 is 5.32 Å². The van der Waals surface area contributed by atoms with Gasteiger partial charge in [-0.05, 0) is 32.1 Å². The zero-order valence-corrected chi connectivity index (χ0v) is 11.9. The molecular weight excluding hydrogens is 208 g/mol. The van der Waals surface area contributed by atoms with Crippen molar-refractivity contribution in [3.63, 3.8) is 0 Å². The highest BCUT2D eigenvalue weighted by molar-refractivity contribution is 4.87. The van der Waals surface area contributed by atoms with Crippen LogP contribution in [0.4, 0.5) is 0 Å². The van der Waals surface area contributed by atoms with Crippen LogP contribution >= 0.6 is 0 Å². The predicted octanol–water partition coefficient (Wildman–Crippen LogP) is 3.03. The van der Waals surface area contributed by atoms with Crippen molar-refractivity contribution in [1.29, 1.82) is 0 Å². The molecule has 2 rings (SSSR count). The van der Waals surface area contributed by atoms with Gasteiger partial charge in [-0.1, -0.05) is 33.1 Å². The molecule has 1 saturated carbocycles. The number of nitrogens with zero attached hydrogens (tertiary/aromatic N) is 1. The minimum absolute atomic E-state index is 0.630. The summed E-state index contributed by atoms with van der Waals surface area (Å²) in [6, 6.07) is 2.18. The van der Waals surface area contributed by atoms with Crippen molar-refractivity contribution in [3.05, 3.63) is 0 Å². The smallest absolute Gasteiger partial charge is 0.0209 e. The Morgan fingerprint density at radius 2 is 1.71 bits per heavy atom. The van der Waals surface area contributed by atoms with Crippen molar-refractivity contribution in [2.75, 3.05) is 13.1 Å². The molecule has 0 aromatic heterocycles. The van der Waals surface area contributed by atoms with E-state index in [4.69, 9.17) is 0 Å². The molecule has 2 atom stereocenters. The van der Waals surface area contributed by atoms with E-state index in [0.29, 0.717) is 6.04 Å². The van der Waals surface area contributed by atoms with Crippen molar-refractivity contribution in [3.8, 4) is 0 Å². The Labute approximate surface area is 107 Å². The molecule has 0 aromatic rings. The van der Waals surface area contributed by atoms with Crippen LogP contribution in [0.1, 0.15) is 59.3 Å². The van der Waals surface area contributed by atoms with E-state index in [0.717, 1.165) is 18.0 Å². The Kier molecular flexibility index (Phi) is 4.87. The first kappa shape index (κ1) is 13.4. The first-order valence-corrected chi connectivity index (χ1v) is 7.67. The molecule has 1 N–H and O–H groups in total. The highest BCUT2D eigenvalue weighted by atomic mass is 15.2. The maximum Gasteiger partial charge on any atom is 0.0209 e. The fourth-order valence-corrected chi connectivity index (χ4v) is 3.68. The van der Waals surface area contributed by atoms with Crippen LogP contribution in [0.3, 0.4) is 0 Å². The summed E-state index contributed by atoms with van der Waals surface area (Å²) >= 11 is 0. The second-order valence-electron chi connectivity index (χ2n) is 6.44. The summed E-state index contributed by atoms with van der Waals surface area (Å²) in [6.45, 7) is 9.56. The first-order valence-electron chi connectivity index (χ1n) is 7.67. The van der Waals surface area contributed by atoms with Crippen LogP contribution in [0.25, 0.3) is 0 Å². The predicted molar refractivity (Wildman–Crippen MR) is 74.3 cm³/mol. The summed E-state index contributed by atoms with van der Waals surface area (Å²) < 4.78 is 0. The van der Waals surface area contributed by atoms with Crippen LogP contribution in [0.5, 0.6) is 0 Å². The topological polar surface area (TPSA) is 15.3 Å². The summed E-state index contributed by atoms with van der Waals surface area (Å²) in [5, 5.41) is 3.69. The molecule has 17 heavy (non-hydrogen) atoms. The number of hydrogen-bond donors (Lipinski definition) is 1. The lowest BCUT2D eigenvalue weighted by atomic mass is 9.84. The van der Waals surface area contributed by atoms with Crippen molar-refractivity contribution < 1.29 is 0 Å². The maximum atomic E-state index is 3.69. The van der Waals surface area contributed by atoms with Gasteiger partial charge in [0.05, 0.1) is 0 Å². The lowest BCUT2D eigenvalue weighted by Gasteiger charge is -2.34. The van der Waals surface area contributed by atoms with E-state index in [1.54, 1.807) is 0 Å². The molecule has 0 radical (unpaired) electrons. The van der Waals surface area contributed by atoms with Crippen LogP contribution in [0, 0.1) is 5.92 Å². The third kappa shape index (κ3) is 3.69. The summed E-state index contributed by atoms with van der Waals surface area (Å²) in [5.74, 6) is 0.974. The van der Waals surface area contributed by atoms with Crippen molar-refractivity contribution in [1.82, 2.24) is 10.2 Å². The molecule has 0 amide bonds. The minimum atomic E-state index is 0.630. The Morgan fingerprint density at radius 1 is 1.00 bits per heavy atom. The SMILES string of the molecule is CC(C)NC1CCN(C(C)C2CCCCC2)C1. The quantitative estimate of drug-likeness (QED) is 0.810. The molecule has 2 nitrogen and oxygen atoms in total. The molecule has 1 aliphatic heterocycles. The molecule has 0 spiro atoms. The van der Waals surface area contributed by atoms with Gasteiger partial charge in [0.15, 0.2) is 0 Å². The van der Waals surface area contributed by atoms with Gasteiger partial charge in [-0.2, -0.15) is 0 Å². The molecular formula is C15H30N2. The maximum absolute atomic E-state index is 3.69. The number of likely N-dealkylation sites (tertiary alicyclic amines) is 1. The van der Waals surface area contributed by atoms with Crippen LogP contribution in [0.15, 0.2) is 0 Å². The fraction of sp³-hybridized carbons (Fsp3) is 1.00. The Morgan fingerprint density at radius 3 is 2.35 bits per heavy atom. The van der Waals surface area contributed by atoms with Crippen LogP contribution in [0.2, 0.25) is 0 Å². The van der Waals surface area contributed by atoms with E-state index in [2.05, 4.69) is 31.0 Å². The lowest BCUT2D eigenvalue weighted by Crippen LogP contribution is -2.41. The molecule has 2 aliphatic rings. The van der Waals surface area contributed by atoms with Gasteiger partial charge >= 0.3 is 0 Å². The highest BCUT2D eigenvalue weighted by Gasteiger charge is 2.30. The van der Waals surface area contributed by atoms with Gasteiger partial charge in [0, 0.05) is 31.2 Å².